The van der Waals surface area contributed by atoms with E-state index in [1.165, 1.54) is 0 Å². The zero-order chi connectivity index (χ0) is 16.5. The summed E-state index contributed by atoms with van der Waals surface area (Å²) in [5, 5.41) is 0. The summed E-state index contributed by atoms with van der Waals surface area (Å²) in [5.74, 6) is 1.78. The number of rotatable bonds is 9. The minimum absolute atomic E-state index is 0.0263. The molecule has 0 aromatic heterocycles. The molecule has 0 bridgehead atoms. The molecule has 0 saturated heterocycles. The molecule has 0 aliphatic heterocycles. The summed E-state index contributed by atoms with van der Waals surface area (Å²) >= 11 is 0. The second kappa shape index (κ2) is 9.30. The van der Waals surface area contributed by atoms with Crippen molar-refractivity contribution in [1.82, 2.24) is 4.90 Å². The molecule has 1 amide bonds. The molecular formula is C17H27NO4. The van der Waals surface area contributed by atoms with Crippen LogP contribution in [0.3, 0.4) is 0 Å². The third-order valence-corrected chi connectivity index (χ3v) is 3.18. The third-order valence-electron chi connectivity index (χ3n) is 3.18. The van der Waals surface area contributed by atoms with Crippen LogP contribution in [0.25, 0.3) is 0 Å². The summed E-state index contributed by atoms with van der Waals surface area (Å²) in [6, 6.07) is 7.21. The van der Waals surface area contributed by atoms with E-state index in [1.54, 1.807) is 38.2 Å². The minimum Gasteiger partial charge on any atom is -0.497 e. The predicted molar refractivity (Wildman–Crippen MR) is 86.4 cm³/mol. The molecule has 1 unspecified atom stereocenters. The second-order valence-electron chi connectivity index (χ2n) is 5.61. The first-order valence-corrected chi connectivity index (χ1v) is 7.56. The van der Waals surface area contributed by atoms with Crippen LogP contribution in [0.2, 0.25) is 0 Å². The van der Waals surface area contributed by atoms with Crippen LogP contribution in [0.1, 0.15) is 20.8 Å². The summed E-state index contributed by atoms with van der Waals surface area (Å²) in [6.07, 6.45) is -0.538. The lowest BCUT2D eigenvalue weighted by atomic mass is 10.2. The van der Waals surface area contributed by atoms with Gasteiger partial charge in [-0.3, -0.25) is 4.79 Å². The Morgan fingerprint density at radius 2 is 1.68 bits per heavy atom. The van der Waals surface area contributed by atoms with Crippen molar-refractivity contribution < 1.29 is 19.0 Å². The van der Waals surface area contributed by atoms with Crippen molar-refractivity contribution in [2.45, 2.75) is 26.9 Å². The van der Waals surface area contributed by atoms with E-state index < -0.39 is 6.10 Å². The summed E-state index contributed by atoms with van der Waals surface area (Å²) in [6.45, 7) is 7.73. The fourth-order valence-corrected chi connectivity index (χ4v) is 2.10. The Morgan fingerprint density at radius 1 is 1.09 bits per heavy atom. The van der Waals surface area contributed by atoms with Crippen LogP contribution in [-0.2, 0) is 9.53 Å². The first-order chi connectivity index (χ1) is 10.5. The second-order valence-corrected chi connectivity index (χ2v) is 5.61. The van der Waals surface area contributed by atoms with Crippen LogP contribution < -0.4 is 9.47 Å². The lowest BCUT2D eigenvalue weighted by Crippen LogP contribution is -2.43. The SMILES string of the molecule is COCCN(CC(C)C)C(=O)C(C)Oc1ccc(OC)cc1. The normalized spacial score (nSPS) is 12.1. The van der Waals surface area contributed by atoms with E-state index >= 15 is 0 Å². The van der Waals surface area contributed by atoms with Crippen molar-refractivity contribution in [2.75, 3.05) is 33.9 Å². The van der Waals surface area contributed by atoms with Gasteiger partial charge in [-0.1, -0.05) is 13.8 Å². The highest BCUT2D eigenvalue weighted by atomic mass is 16.5. The van der Waals surface area contributed by atoms with Gasteiger partial charge in [-0.05, 0) is 37.1 Å². The van der Waals surface area contributed by atoms with Gasteiger partial charge in [0.15, 0.2) is 6.10 Å². The monoisotopic (exact) mass is 309 g/mol. The van der Waals surface area contributed by atoms with Crippen LogP contribution in [0, 0.1) is 5.92 Å². The lowest BCUT2D eigenvalue weighted by Gasteiger charge is -2.27. The van der Waals surface area contributed by atoms with E-state index in [4.69, 9.17) is 14.2 Å². The number of carbonyl (C=O) groups is 1. The Morgan fingerprint density at radius 3 is 2.18 bits per heavy atom. The van der Waals surface area contributed by atoms with E-state index in [9.17, 15) is 4.79 Å². The summed E-state index contributed by atoms with van der Waals surface area (Å²) in [4.78, 5) is 14.3. The molecule has 0 spiro atoms. The van der Waals surface area contributed by atoms with Gasteiger partial charge in [0.1, 0.15) is 11.5 Å². The third kappa shape index (κ3) is 5.93. The molecule has 124 valence electrons. The first-order valence-electron chi connectivity index (χ1n) is 7.56. The van der Waals surface area contributed by atoms with Gasteiger partial charge in [0.25, 0.3) is 5.91 Å². The Hall–Kier alpha value is -1.75. The molecule has 22 heavy (non-hydrogen) atoms. The Bertz CT molecular complexity index is 444. The molecular weight excluding hydrogens is 282 g/mol. The number of carbonyl (C=O) groups excluding carboxylic acids is 1. The van der Waals surface area contributed by atoms with Gasteiger partial charge >= 0.3 is 0 Å². The van der Waals surface area contributed by atoms with Crippen molar-refractivity contribution in [1.29, 1.82) is 0 Å². The number of hydrogen-bond acceptors (Lipinski definition) is 4. The largest absolute Gasteiger partial charge is 0.497 e. The fourth-order valence-electron chi connectivity index (χ4n) is 2.10. The smallest absolute Gasteiger partial charge is 0.263 e. The van der Waals surface area contributed by atoms with E-state index in [0.29, 0.717) is 31.4 Å². The molecule has 0 radical (unpaired) electrons. The average molecular weight is 309 g/mol. The fraction of sp³-hybridized carbons (Fsp3) is 0.588. The zero-order valence-corrected chi connectivity index (χ0v) is 14.2. The van der Waals surface area contributed by atoms with E-state index in [0.717, 1.165) is 5.75 Å². The molecule has 0 saturated carbocycles. The number of amides is 1. The molecule has 1 aromatic rings. The lowest BCUT2D eigenvalue weighted by molar-refractivity contribution is -0.139. The van der Waals surface area contributed by atoms with Gasteiger partial charge in [0.05, 0.1) is 13.7 Å². The Labute approximate surface area is 133 Å². The van der Waals surface area contributed by atoms with Gasteiger partial charge in [0.2, 0.25) is 0 Å². The van der Waals surface area contributed by atoms with Crippen LogP contribution in [0.4, 0.5) is 0 Å². The summed E-state index contributed by atoms with van der Waals surface area (Å²) in [5.41, 5.74) is 0. The number of hydrogen-bond donors (Lipinski definition) is 0. The highest BCUT2D eigenvalue weighted by Crippen LogP contribution is 2.18. The topological polar surface area (TPSA) is 48.0 Å². The minimum atomic E-state index is -0.538. The molecule has 0 fully saturated rings. The summed E-state index contributed by atoms with van der Waals surface area (Å²) in [7, 11) is 3.25. The van der Waals surface area contributed by atoms with Crippen molar-refractivity contribution in [3.05, 3.63) is 24.3 Å². The van der Waals surface area contributed by atoms with Crippen LogP contribution in [-0.4, -0.2) is 50.8 Å². The molecule has 1 atom stereocenters. The molecule has 5 nitrogen and oxygen atoms in total. The highest BCUT2D eigenvalue weighted by Gasteiger charge is 2.22. The van der Waals surface area contributed by atoms with Gasteiger partial charge in [-0.2, -0.15) is 0 Å². The quantitative estimate of drug-likeness (QED) is 0.703. The first kappa shape index (κ1) is 18.3. The van der Waals surface area contributed by atoms with Gasteiger partial charge in [0, 0.05) is 20.2 Å². The maximum absolute atomic E-state index is 12.5. The molecule has 0 heterocycles. The standard InChI is InChI=1S/C17H27NO4/c1-13(2)12-18(10-11-20-4)17(19)14(3)22-16-8-6-15(21-5)7-9-16/h6-9,13-14H,10-12H2,1-5H3. The number of ether oxygens (including phenoxy) is 3. The number of methoxy groups -OCH3 is 2. The average Bonchev–Trinajstić information content (AvgIpc) is 2.51. The van der Waals surface area contributed by atoms with Crippen molar-refractivity contribution in [3.63, 3.8) is 0 Å². The van der Waals surface area contributed by atoms with E-state index in [2.05, 4.69) is 13.8 Å². The Kier molecular flexibility index (Phi) is 7.74. The molecule has 0 N–H and O–H groups in total. The molecule has 0 aliphatic rings. The van der Waals surface area contributed by atoms with Crippen LogP contribution in [0.15, 0.2) is 24.3 Å². The van der Waals surface area contributed by atoms with E-state index in [-0.39, 0.29) is 5.91 Å². The van der Waals surface area contributed by atoms with Crippen molar-refractivity contribution in [2.24, 2.45) is 5.92 Å². The number of nitrogens with zero attached hydrogens (tertiary/aromatic N) is 1. The maximum Gasteiger partial charge on any atom is 0.263 e. The maximum atomic E-state index is 12.5. The zero-order valence-electron chi connectivity index (χ0n) is 14.2. The summed E-state index contributed by atoms with van der Waals surface area (Å²) < 4.78 is 15.9. The van der Waals surface area contributed by atoms with Crippen LogP contribution in [0.5, 0.6) is 11.5 Å². The van der Waals surface area contributed by atoms with Crippen molar-refractivity contribution >= 4 is 5.91 Å². The molecule has 0 aliphatic carbocycles. The van der Waals surface area contributed by atoms with Gasteiger partial charge in [-0.25, -0.2) is 0 Å². The van der Waals surface area contributed by atoms with Gasteiger partial charge < -0.3 is 19.1 Å². The highest BCUT2D eigenvalue weighted by molar-refractivity contribution is 5.80. The van der Waals surface area contributed by atoms with E-state index in [1.807, 2.05) is 12.1 Å². The molecule has 1 aromatic carbocycles. The Balaban J connectivity index is 2.66. The molecule has 5 heteroatoms. The van der Waals surface area contributed by atoms with Gasteiger partial charge in [-0.15, -0.1) is 0 Å². The predicted octanol–water partition coefficient (Wildman–Crippen LogP) is 2.59. The van der Waals surface area contributed by atoms with Crippen LogP contribution >= 0.6 is 0 Å². The molecule has 1 rings (SSSR count). The number of benzene rings is 1. The van der Waals surface area contributed by atoms with Crippen molar-refractivity contribution in [3.8, 4) is 11.5 Å².